The molecule has 1 aliphatic heterocycles. The molecule has 1 fully saturated rings. The minimum atomic E-state index is 0.0497. The van der Waals surface area contributed by atoms with Gasteiger partial charge in [0.25, 0.3) is 0 Å². The first-order valence-corrected chi connectivity index (χ1v) is 7.34. The van der Waals surface area contributed by atoms with Gasteiger partial charge in [0.15, 0.2) is 0 Å². The van der Waals surface area contributed by atoms with E-state index in [1.165, 1.54) is 0 Å². The predicted molar refractivity (Wildman–Crippen MR) is 75.6 cm³/mol. The van der Waals surface area contributed by atoms with Crippen LogP contribution < -0.4 is 11.1 Å². The first-order chi connectivity index (χ1) is 8.66. The zero-order valence-corrected chi connectivity index (χ0v) is 11.5. The monoisotopic (exact) mass is 264 g/mol. The Morgan fingerprint density at radius 2 is 2.06 bits per heavy atom. The lowest BCUT2D eigenvalue weighted by Gasteiger charge is -2.13. The van der Waals surface area contributed by atoms with Crippen molar-refractivity contribution in [1.29, 1.82) is 0 Å². The molecule has 1 amide bonds. The van der Waals surface area contributed by atoms with E-state index in [0.29, 0.717) is 0 Å². The zero-order chi connectivity index (χ0) is 13.0. The summed E-state index contributed by atoms with van der Waals surface area (Å²) in [5, 5.41) is 3.01. The highest BCUT2D eigenvalue weighted by molar-refractivity contribution is 8.00. The maximum absolute atomic E-state index is 11.8. The number of benzene rings is 1. The van der Waals surface area contributed by atoms with E-state index in [1.807, 2.05) is 19.1 Å². The van der Waals surface area contributed by atoms with E-state index < -0.39 is 0 Å². The molecule has 18 heavy (non-hydrogen) atoms. The van der Waals surface area contributed by atoms with Crippen molar-refractivity contribution in [2.45, 2.75) is 42.4 Å². The lowest BCUT2D eigenvalue weighted by Crippen LogP contribution is -2.30. The highest BCUT2D eigenvalue weighted by Crippen LogP contribution is 2.28. The molecule has 1 aliphatic rings. The standard InChI is InChI=1S/C14H20N2OS/c1-10(15)11-5-7-12(8-6-11)18-13-4-2-3-9-16-14(13)17/h5-8,10,13H,2-4,9,15H2,1H3,(H,16,17). The van der Waals surface area contributed by atoms with E-state index in [9.17, 15) is 4.79 Å². The second-order valence-electron chi connectivity index (χ2n) is 4.75. The first-order valence-electron chi connectivity index (χ1n) is 6.47. The molecule has 1 heterocycles. The van der Waals surface area contributed by atoms with Crippen LogP contribution in [-0.4, -0.2) is 17.7 Å². The third kappa shape index (κ3) is 3.50. The Kier molecular flexibility index (Phi) is 4.66. The molecule has 0 spiro atoms. The molecule has 1 aromatic carbocycles. The Labute approximate surface area is 113 Å². The number of hydrogen-bond acceptors (Lipinski definition) is 3. The minimum absolute atomic E-state index is 0.0497. The lowest BCUT2D eigenvalue weighted by molar-refractivity contribution is -0.120. The van der Waals surface area contributed by atoms with Crippen LogP contribution in [0.25, 0.3) is 0 Å². The number of nitrogens with two attached hydrogens (primary N) is 1. The summed E-state index contributed by atoms with van der Waals surface area (Å²) in [6.45, 7) is 2.79. The Morgan fingerprint density at radius 1 is 1.33 bits per heavy atom. The van der Waals surface area contributed by atoms with Crippen LogP contribution in [0.4, 0.5) is 0 Å². The van der Waals surface area contributed by atoms with Crippen molar-refractivity contribution < 1.29 is 4.79 Å². The SMILES string of the molecule is CC(N)c1ccc(SC2CCCCNC2=O)cc1. The summed E-state index contributed by atoms with van der Waals surface area (Å²) in [6.07, 6.45) is 3.17. The van der Waals surface area contributed by atoms with Gasteiger partial charge in [-0.2, -0.15) is 0 Å². The molecule has 2 rings (SSSR count). The maximum atomic E-state index is 11.8. The van der Waals surface area contributed by atoms with Crippen molar-refractivity contribution in [3.8, 4) is 0 Å². The Bertz CT molecular complexity index is 403. The van der Waals surface area contributed by atoms with E-state index in [1.54, 1.807) is 11.8 Å². The second kappa shape index (κ2) is 6.25. The molecule has 98 valence electrons. The quantitative estimate of drug-likeness (QED) is 0.882. The van der Waals surface area contributed by atoms with Crippen LogP contribution in [0.15, 0.2) is 29.2 Å². The average Bonchev–Trinajstić information content (AvgIpc) is 2.56. The molecule has 2 unspecified atom stereocenters. The fourth-order valence-corrected chi connectivity index (χ4v) is 3.13. The van der Waals surface area contributed by atoms with Gasteiger partial charge >= 0.3 is 0 Å². The Balaban J connectivity index is 2.01. The molecule has 2 atom stereocenters. The van der Waals surface area contributed by atoms with Gasteiger partial charge in [-0.3, -0.25) is 4.79 Å². The summed E-state index contributed by atoms with van der Waals surface area (Å²) in [5.41, 5.74) is 6.95. The molecule has 1 saturated heterocycles. The van der Waals surface area contributed by atoms with E-state index in [4.69, 9.17) is 5.73 Å². The topological polar surface area (TPSA) is 55.1 Å². The zero-order valence-electron chi connectivity index (χ0n) is 10.7. The van der Waals surface area contributed by atoms with E-state index in [2.05, 4.69) is 17.4 Å². The third-order valence-corrected chi connectivity index (χ3v) is 4.45. The molecule has 1 aromatic rings. The maximum Gasteiger partial charge on any atom is 0.233 e. The fraction of sp³-hybridized carbons (Fsp3) is 0.500. The smallest absolute Gasteiger partial charge is 0.233 e. The van der Waals surface area contributed by atoms with Crippen LogP contribution in [0.2, 0.25) is 0 Å². The molecule has 3 nitrogen and oxygen atoms in total. The predicted octanol–water partition coefficient (Wildman–Crippen LogP) is 2.47. The Morgan fingerprint density at radius 3 is 2.72 bits per heavy atom. The number of carbonyl (C=O) groups is 1. The summed E-state index contributed by atoms with van der Waals surface area (Å²) in [6, 6.07) is 8.26. The number of amides is 1. The number of rotatable bonds is 3. The van der Waals surface area contributed by atoms with Crippen molar-refractivity contribution in [2.75, 3.05) is 6.54 Å². The Hall–Kier alpha value is -1.00. The molecule has 0 bridgehead atoms. The fourth-order valence-electron chi connectivity index (χ4n) is 2.04. The van der Waals surface area contributed by atoms with Crippen LogP contribution in [0.1, 0.15) is 37.8 Å². The number of carbonyl (C=O) groups excluding carboxylic acids is 1. The summed E-state index contributed by atoms with van der Waals surface area (Å²) in [4.78, 5) is 13.0. The first kappa shape index (κ1) is 13.4. The van der Waals surface area contributed by atoms with Crippen molar-refractivity contribution >= 4 is 17.7 Å². The van der Waals surface area contributed by atoms with Gasteiger partial charge in [0.2, 0.25) is 5.91 Å². The van der Waals surface area contributed by atoms with Crippen LogP contribution in [0, 0.1) is 0 Å². The number of hydrogen-bond donors (Lipinski definition) is 2. The van der Waals surface area contributed by atoms with Crippen molar-refractivity contribution in [2.24, 2.45) is 5.73 Å². The average molecular weight is 264 g/mol. The van der Waals surface area contributed by atoms with Crippen LogP contribution in [0.3, 0.4) is 0 Å². The van der Waals surface area contributed by atoms with Crippen LogP contribution in [-0.2, 0) is 4.79 Å². The number of nitrogens with one attached hydrogen (secondary N) is 1. The second-order valence-corrected chi connectivity index (χ2v) is 6.03. The minimum Gasteiger partial charge on any atom is -0.355 e. The van der Waals surface area contributed by atoms with Gasteiger partial charge in [-0.25, -0.2) is 0 Å². The molecule has 0 radical (unpaired) electrons. The highest BCUT2D eigenvalue weighted by atomic mass is 32.2. The van der Waals surface area contributed by atoms with Gasteiger partial charge in [-0.15, -0.1) is 11.8 Å². The van der Waals surface area contributed by atoms with Crippen molar-refractivity contribution in [3.05, 3.63) is 29.8 Å². The normalized spacial score (nSPS) is 22.1. The molecular weight excluding hydrogens is 244 g/mol. The highest BCUT2D eigenvalue weighted by Gasteiger charge is 2.21. The van der Waals surface area contributed by atoms with Crippen LogP contribution in [0.5, 0.6) is 0 Å². The lowest BCUT2D eigenvalue weighted by atomic mass is 10.1. The van der Waals surface area contributed by atoms with Gasteiger partial charge in [0.1, 0.15) is 0 Å². The third-order valence-electron chi connectivity index (χ3n) is 3.17. The molecular formula is C14H20N2OS. The van der Waals surface area contributed by atoms with Gasteiger partial charge in [0.05, 0.1) is 5.25 Å². The molecule has 0 saturated carbocycles. The van der Waals surface area contributed by atoms with Crippen molar-refractivity contribution in [3.63, 3.8) is 0 Å². The molecule has 4 heteroatoms. The van der Waals surface area contributed by atoms with Crippen molar-refractivity contribution in [1.82, 2.24) is 5.32 Å². The van der Waals surface area contributed by atoms with Gasteiger partial charge < -0.3 is 11.1 Å². The molecule has 0 aromatic heterocycles. The summed E-state index contributed by atoms with van der Waals surface area (Å²) >= 11 is 1.65. The number of thioether (sulfide) groups is 1. The van der Waals surface area contributed by atoms with Gasteiger partial charge in [-0.05, 0) is 37.5 Å². The molecule has 3 N–H and O–H groups in total. The summed E-state index contributed by atoms with van der Waals surface area (Å²) in [7, 11) is 0. The summed E-state index contributed by atoms with van der Waals surface area (Å²) < 4.78 is 0. The van der Waals surface area contributed by atoms with E-state index in [0.717, 1.165) is 36.3 Å². The summed E-state index contributed by atoms with van der Waals surface area (Å²) in [5.74, 6) is 0.175. The van der Waals surface area contributed by atoms with E-state index >= 15 is 0 Å². The van der Waals surface area contributed by atoms with Gasteiger partial charge in [-0.1, -0.05) is 18.6 Å². The molecule has 0 aliphatic carbocycles. The van der Waals surface area contributed by atoms with Crippen LogP contribution >= 0.6 is 11.8 Å². The van der Waals surface area contributed by atoms with Gasteiger partial charge in [0, 0.05) is 17.5 Å². The van der Waals surface area contributed by atoms with E-state index in [-0.39, 0.29) is 17.2 Å². The largest absolute Gasteiger partial charge is 0.355 e.